The Bertz CT molecular complexity index is 227. The molecule has 1 unspecified atom stereocenters. The molecule has 0 aromatic carbocycles. The van der Waals surface area contributed by atoms with Crippen molar-refractivity contribution in [1.82, 2.24) is 4.90 Å². The van der Waals surface area contributed by atoms with E-state index in [1.165, 1.54) is 6.92 Å². The Hall–Kier alpha value is -0.900. The third-order valence-electron chi connectivity index (χ3n) is 2.42. The number of morpholine rings is 1. The molecule has 0 spiro atoms. The summed E-state index contributed by atoms with van der Waals surface area (Å²) in [6.45, 7) is 5.26. The largest absolute Gasteiger partial charge is 0.377 e. The summed E-state index contributed by atoms with van der Waals surface area (Å²) in [5.74, 6) is -0.135. The quantitative estimate of drug-likeness (QED) is 0.625. The smallest absolute Gasteiger partial charge is 0.230 e. The second kappa shape index (κ2) is 5.10. The Morgan fingerprint density at radius 1 is 1.50 bits per heavy atom. The van der Waals surface area contributed by atoms with Crippen molar-refractivity contribution in [3.63, 3.8) is 0 Å². The zero-order chi connectivity index (χ0) is 10.6. The highest BCUT2D eigenvalue weighted by Crippen LogP contribution is 2.11. The molecule has 0 radical (unpaired) electrons. The van der Waals surface area contributed by atoms with Crippen LogP contribution in [0.4, 0.5) is 0 Å². The van der Waals surface area contributed by atoms with E-state index in [1.807, 2.05) is 6.92 Å². The average molecular weight is 199 g/mol. The molecule has 1 atom stereocenters. The van der Waals surface area contributed by atoms with Crippen LogP contribution in [0.1, 0.15) is 26.7 Å². The molecular weight excluding hydrogens is 182 g/mol. The fourth-order valence-corrected chi connectivity index (χ4v) is 1.64. The molecule has 1 rings (SSSR count). The van der Waals surface area contributed by atoms with E-state index in [-0.39, 0.29) is 24.2 Å². The number of nitrogens with zero attached hydrogens (tertiary/aromatic N) is 1. The first kappa shape index (κ1) is 11.2. The number of ketones is 1. The predicted molar refractivity (Wildman–Crippen MR) is 51.9 cm³/mol. The second-order valence-electron chi connectivity index (χ2n) is 3.60. The van der Waals surface area contributed by atoms with Crippen molar-refractivity contribution >= 4 is 11.7 Å². The molecule has 0 saturated carbocycles. The summed E-state index contributed by atoms with van der Waals surface area (Å²) in [5.41, 5.74) is 0. The summed E-state index contributed by atoms with van der Waals surface area (Å²) in [6, 6.07) is 0.149. The van der Waals surface area contributed by atoms with Crippen LogP contribution in [0.25, 0.3) is 0 Å². The highest BCUT2D eigenvalue weighted by Gasteiger charge is 2.26. The number of amides is 1. The minimum absolute atomic E-state index is 0.0243. The molecule has 0 aliphatic carbocycles. The standard InChI is InChI=1S/C10H17NO3/c1-3-9-7-14-5-4-11(9)10(13)6-8(2)12/h9H,3-7H2,1-2H3. The molecule has 4 nitrogen and oxygen atoms in total. The van der Waals surface area contributed by atoms with Gasteiger partial charge in [0.05, 0.1) is 25.7 Å². The molecular formula is C10H17NO3. The van der Waals surface area contributed by atoms with Gasteiger partial charge in [-0.05, 0) is 13.3 Å². The molecule has 0 aromatic heterocycles. The van der Waals surface area contributed by atoms with Gasteiger partial charge in [0.1, 0.15) is 5.78 Å². The molecule has 1 amide bonds. The van der Waals surface area contributed by atoms with Gasteiger partial charge in [0.25, 0.3) is 0 Å². The van der Waals surface area contributed by atoms with E-state index in [0.29, 0.717) is 19.8 Å². The maximum absolute atomic E-state index is 11.6. The summed E-state index contributed by atoms with van der Waals surface area (Å²) >= 11 is 0. The molecule has 0 N–H and O–H groups in total. The van der Waals surface area contributed by atoms with Crippen molar-refractivity contribution in [3.8, 4) is 0 Å². The topological polar surface area (TPSA) is 46.6 Å². The van der Waals surface area contributed by atoms with Crippen LogP contribution in [-0.2, 0) is 14.3 Å². The van der Waals surface area contributed by atoms with Gasteiger partial charge in [-0.1, -0.05) is 6.92 Å². The Kier molecular flexibility index (Phi) is 4.07. The number of carbonyl (C=O) groups is 2. The van der Waals surface area contributed by atoms with Gasteiger partial charge in [-0.3, -0.25) is 9.59 Å². The summed E-state index contributed by atoms with van der Waals surface area (Å²) in [7, 11) is 0. The first-order chi connectivity index (χ1) is 6.65. The van der Waals surface area contributed by atoms with Gasteiger partial charge in [-0.15, -0.1) is 0 Å². The lowest BCUT2D eigenvalue weighted by molar-refractivity contribution is -0.142. The van der Waals surface area contributed by atoms with Crippen LogP contribution in [0.15, 0.2) is 0 Å². The molecule has 1 heterocycles. The van der Waals surface area contributed by atoms with Gasteiger partial charge < -0.3 is 9.64 Å². The third kappa shape index (κ3) is 2.80. The highest BCUT2D eigenvalue weighted by atomic mass is 16.5. The van der Waals surface area contributed by atoms with Crippen LogP contribution in [0.3, 0.4) is 0 Å². The van der Waals surface area contributed by atoms with Gasteiger partial charge in [-0.2, -0.15) is 0 Å². The van der Waals surface area contributed by atoms with Gasteiger partial charge in [0, 0.05) is 6.54 Å². The van der Waals surface area contributed by atoms with E-state index in [4.69, 9.17) is 4.74 Å². The molecule has 0 aromatic rings. The van der Waals surface area contributed by atoms with Crippen LogP contribution in [0, 0.1) is 0 Å². The Morgan fingerprint density at radius 3 is 2.79 bits per heavy atom. The van der Waals surface area contributed by atoms with Gasteiger partial charge in [0.15, 0.2) is 0 Å². The maximum atomic E-state index is 11.6. The van der Waals surface area contributed by atoms with Crippen molar-refractivity contribution in [2.75, 3.05) is 19.8 Å². The summed E-state index contributed by atoms with van der Waals surface area (Å²) < 4.78 is 5.28. The first-order valence-corrected chi connectivity index (χ1v) is 5.01. The van der Waals surface area contributed by atoms with E-state index >= 15 is 0 Å². The molecule has 14 heavy (non-hydrogen) atoms. The highest BCUT2D eigenvalue weighted by molar-refractivity contribution is 5.96. The molecule has 1 fully saturated rings. The van der Waals surface area contributed by atoms with Gasteiger partial charge in [-0.25, -0.2) is 0 Å². The number of carbonyl (C=O) groups excluding carboxylic acids is 2. The number of ether oxygens (including phenoxy) is 1. The zero-order valence-corrected chi connectivity index (χ0v) is 8.78. The molecule has 1 aliphatic heterocycles. The Morgan fingerprint density at radius 2 is 2.21 bits per heavy atom. The van der Waals surface area contributed by atoms with Crippen LogP contribution in [-0.4, -0.2) is 42.4 Å². The van der Waals surface area contributed by atoms with E-state index in [9.17, 15) is 9.59 Å². The van der Waals surface area contributed by atoms with Crippen LogP contribution in [0.5, 0.6) is 0 Å². The van der Waals surface area contributed by atoms with Gasteiger partial charge >= 0.3 is 0 Å². The van der Waals surface area contributed by atoms with Crippen molar-refractivity contribution in [2.24, 2.45) is 0 Å². The summed E-state index contributed by atoms with van der Waals surface area (Å²) in [6.07, 6.45) is 0.903. The Labute approximate surface area is 84.2 Å². The van der Waals surface area contributed by atoms with Crippen molar-refractivity contribution in [1.29, 1.82) is 0 Å². The molecule has 1 saturated heterocycles. The van der Waals surface area contributed by atoms with Crippen LogP contribution in [0.2, 0.25) is 0 Å². The number of hydrogen-bond donors (Lipinski definition) is 0. The lowest BCUT2D eigenvalue weighted by Gasteiger charge is -2.34. The number of rotatable bonds is 3. The molecule has 0 bridgehead atoms. The van der Waals surface area contributed by atoms with Crippen molar-refractivity contribution < 1.29 is 14.3 Å². The molecule has 80 valence electrons. The van der Waals surface area contributed by atoms with Gasteiger partial charge in [0.2, 0.25) is 5.91 Å². The minimum atomic E-state index is -0.0728. The average Bonchev–Trinajstić information content (AvgIpc) is 2.16. The fourth-order valence-electron chi connectivity index (χ4n) is 1.64. The minimum Gasteiger partial charge on any atom is -0.377 e. The summed E-state index contributed by atoms with van der Waals surface area (Å²) in [4.78, 5) is 24.2. The molecule has 1 aliphatic rings. The number of hydrogen-bond acceptors (Lipinski definition) is 3. The lowest BCUT2D eigenvalue weighted by atomic mass is 10.1. The van der Waals surface area contributed by atoms with E-state index < -0.39 is 0 Å². The second-order valence-corrected chi connectivity index (χ2v) is 3.60. The predicted octanol–water partition coefficient (Wildman–Crippen LogP) is 0.603. The molecule has 4 heteroatoms. The lowest BCUT2D eigenvalue weighted by Crippen LogP contribution is -2.48. The number of Topliss-reactive ketones (excluding diaryl/α,β-unsaturated/α-hetero) is 1. The fraction of sp³-hybridized carbons (Fsp3) is 0.800. The van der Waals surface area contributed by atoms with E-state index in [2.05, 4.69) is 0 Å². The van der Waals surface area contributed by atoms with E-state index in [1.54, 1.807) is 4.90 Å². The van der Waals surface area contributed by atoms with Crippen molar-refractivity contribution in [2.45, 2.75) is 32.7 Å². The van der Waals surface area contributed by atoms with Crippen LogP contribution >= 0.6 is 0 Å². The van der Waals surface area contributed by atoms with Crippen LogP contribution < -0.4 is 0 Å². The Balaban J connectivity index is 2.54. The van der Waals surface area contributed by atoms with Crippen molar-refractivity contribution in [3.05, 3.63) is 0 Å². The summed E-state index contributed by atoms with van der Waals surface area (Å²) in [5, 5.41) is 0. The van der Waals surface area contributed by atoms with E-state index in [0.717, 1.165) is 6.42 Å². The first-order valence-electron chi connectivity index (χ1n) is 5.01. The zero-order valence-electron chi connectivity index (χ0n) is 8.78. The normalized spacial score (nSPS) is 22.1. The third-order valence-corrected chi connectivity index (χ3v) is 2.42. The SMILES string of the molecule is CCC1COCCN1C(=O)CC(C)=O. The monoisotopic (exact) mass is 199 g/mol. The maximum Gasteiger partial charge on any atom is 0.230 e.